The van der Waals surface area contributed by atoms with E-state index in [-0.39, 0.29) is 5.91 Å². The lowest BCUT2D eigenvalue weighted by Gasteiger charge is -2.03. The molecule has 0 spiro atoms. The number of benzene rings is 2. The van der Waals surface area contributed by atoms with Gasteiger partial charge < -0.3 is 5.32 Å². The molecule has 3 nitrogen and oxygen atoms in total. The predicted octanol–water partition coefficient (Wildman–Crippen LogP) is 5.02. The highest BCUT2D eigenvalue weighted by molar-refractivity contribution is 9.10. The summed E-state index contributed by atoms with van der Waals surface area (Å²) >= 11 is 4.96. The lowest BCUT2D eigenvalue weighted by atomic mass is 10.1. The number of rotatable bonds is 3. The van der Waals surface area contributed by atoms with Gasteiger partial charge in [-0.3, -0.25) is 4.79 Å². The molecule has 1 aromatic heterocycles. The Morgan fingerprint density at radius 3 is 2.83 bits per heavy atom. The number of amides is 1. The maximum absolute atomic E-state index is 12.9. The number of carbonyl (C=O) groups excluding carboxylic acids is 1. The van der Waals surface area contributed by atoms with Gasteiger partial charge in [0.15, 0.2) is 5.13 Å². The quantitative estimate of drug-likeness (QED) is 0.681. The Hall–Kier alpha value is -1.79. The van der Waals surface area contributed by atoms with Crippen LogP contribution >= 0.6 is 27.3 Å². The lowest BCUT2D eigenvalue weighted by Crippen LogP contribution is -2.14. The van der Waals surface area contributed by atoms with Crippen molar-refractivity contribution in [3.8, 4) is 11.1 Å². The Kier molecular flexibility index (Phi) is 3.66. The summed E-state index contributed by atoms with van der Waals surface area (Å²) in [6.07, 6.45) is -0.672. The van der Waals surface area contributed by atoms with Crippen molar-refractivity contribution in [3.63, 3.8) is 0 Å². The van der Waals surface area contributed by atoms with E-state index in [1.165, 1.54) is 11.3 Å². The van der Waals surface area contributed by atoms with Gasteiger partial charge in [-0.2, -0.15) is 0 Å². The highest BCUT2D eigenvalue weighted by atomic mass is 79.9. The minimum atomic E-state index is -0.994. The molecule has 2 atom stereocenters. The summed E-state index contributed by atoms with van der Waals surface area (Å²) in [5.41, 5.74) is 3.01. The molecule has 1 amide bonds. The average Bonchev–Trinajstić information content (AvgIpc) is 3.13. The van der Waals surface area contributed by atoms with Crippen molar-refractivity contribution in [1.82, 2.24) is 4.98 Å². The van der Waals surface area contributed by atoms with E-state index in [1.807, 2.05) is 36.4 Å². The summed E-state index contributed by atoms with van der Waals surface area (Å²) in [6.45, 7) is 0. The van der Waals surface area contributed by atoms with Gasteiger partial charge in [0, 0.05) is 4.47 Å². The Balaban J connectivity index is 1.64. The van der Waals surface area contributed by atoms with Gasteiger partial charge in [0.05, 0.1) is 16.1 Å². The molecule has 1 aliphatic carbocycles. The third-order valence-electron chi connectivity index (χ3n) is 3.85. The van der Waals surface area contributed by atoms with Gasteiger partial charge in [-0.15, -0.1) is 0 Å². The van der Waals surface area contributed by atoms with E-state index in [1.54, 1.807) is 0 Å². The number of fused-ring (bicyclic) bond motifs is 1. The first-order chi connectivity index (χ1) is 11.1. The number of alkyl halides is 1. The van der Waals surface area contributed by atoms with Crippen LogP contribution in [-0.2, 0) is 4.79 Å². The van der Waals surface area contributed by atoms with Crippen LogP contribution in [0.25, 0.3) is 21.3 Å². The van der Waals surface area contributed by atoms with Crippen LogP contribution in [-0.4, -0.2) is 17.1 Å². The fraction of sp³-hybridized carbons (Fsp3) is 0.176. The summed E-state index contributed by atoms with van der Waals surface area (Å²) in [4.78, 5) is 16.2. The summed E-state index contributed by atoms with van der Waals surface area (Å²) in [5, 5.41) is 3.24. The third kappa shape index (κ3) is 2.88. The second-order valence-corrected chi connectivity index (χ2v) is 7.41. The zero-order valence-corrected chi connectivity index (χ0v) is 14.3. The van der Waals surface area contributed by atoms with E-state index in [2.05, 4.69) is 32.3 Å². The van der Waals surface area contributed by atoms with Gasteiger partial charge in [-0.05, 0) is 35.7 Å². The van der Waals surface area contributed by atoms with Gasteiger partial charge in [0.25, 0.3) is 0 Å². The number of nitrogens with zero attached hydrogens (tertiary/aromatic N) is 1. The zero-order chi connectivity index (χ0) is 16.0. The standard InChI is InChI=1S/C17H12BrFN2OS/c18-12-4-2-1-3-10(12)9-5-6-14-15(7-9)23-17(20-14)21-16(22)11-8-13(11)19/h1-7,11,13H,8H2,(H,20,21,22). The number of nitrogens with one attached hydrogen (secondary N) is 1. The van der Waals surface area contributed by atoms with E-state index >= 15 is 0 Å². The number of hydrogen-bond donors (Lipinski definition) is 1. The molecule has 1 N–H and O–H groups in total. The molecule has 23 heavy (non-hydrogen) atoms. The summed E-state index contributed by atoms with van der Waals surface area (Å²) in [6, 6.07) is 14.0. The fourth-order valence-electron chi connectivity index (χ4n) is 2.47. The second kappa shape index (κ2) is 5.69. The Bertz CT molecular complexity index is 910. The number of halogens is 2. The maximum Gasteiger partial charge on any atom is 0.232 e. The van der Waals surface area contributed by atoms with E-state index in [9.17, 15) is 9.18 Å². The summed E-state index contributed by atoms with van der Waals surface area (Å²) in [7, 11) is 0. The Labute approximate surface area is 144 Å². The first-order valence-corrected chi connectivity index (χ1v) is 8.83. The van der Waals surface area contributed by atoms with Crippen LogP contribution in [0.4, 0.5) is 9.52 Å². The highest BCUT2D eigenvalue weighted by Crippen LogP contribution is 2.37. The highest BCUT2D eigenvalue weighted by Gasteiger charge is 2.43. The molecule has 0 saturated heterocycles. The fourth-order valence-corrected chi connectivity index (χ4v) is 3.90. The minimum Gasteiger partial charge on any atom is -0.302 e. The van der Waals surface area contributed by atoms with Crippen molar-refractivity contribution < 1.29 is 9.18 Å². The van der Waals surface area contributed by atoms with Gasteiger partial charge in [0.1, 0.15) is 6.17 Å². The topological polar surface area (TPSA) is 42.0 Å². The van der Waals surface area contributed by atoms with Crippen LogP contribution in [0.2, 0.25) is 0 Å². The molecule has 1 saturated carbocycles. The molecule has 0 bridgehead atoms. The molecule has 2 aromatic carbocycles. The first kappa shape index (κ1) is 14.8. The maximum atomic E-state index is 12.9. The van der Waals surface area contributed by atoms with Crippen molar-refractivity contribution in [2.45, 2.75) is 12.6 Å². The van der Waals surface area contributed by atoms with E-state index in [0.29, 0.717) is 11.6 Å². The van der Waals surface area contributed by atoms with Crippen LogP contribution in [0, 0.1) is 5.92 Å². The molecule has 6 heteroatoms. The zero-order valence-electron chi connectivity index (χ0n) is 11.9. The van der Waals surface area contributed by atoms with Gasteiger partial charge in [0.2, 0.25) is 5.91 Å². The Morgan fingerprint density at radius 2 is 2.09 bits per heavy atom. The monoisotopic (exact) mass is 390 g/mol. The molecule has 1 fully saturated rings. The normalized spacial score (nSPS) is 19.7. The molecule has 2 unspecified atom stereocenters. The molecule has 1 aliphatic rings. The van der Waals surface area contributed by atoms with E-state index in [0.717, 1.165) is 25.8 Å². The molecular formula is C17H12BrFN2OS. The van der Waals surface area contributed by atoms with E-state index in [4.69, 9.17) is 0 Å². The van der Waals surface area contributed by atoms with Crippen LogP contribution in [0.1, 0.15) is 6.42 Å². The van der Waals surface area contributed by atoms with Crippen molar-refractivity contribution in [1.29, 1.82) is 0 Å². The van der Waals surface area contributed by atoms with Crippen molar-refractivity contribution in [2.75, 3.05) is 5.32 Å². The molecular weight excluding hydrogens is 379 g/mol. The predicted molar refractivity (Wildman–Crippen MR) is 94.4 cm³/mol. The van der Waals surface area contributed by atoms with Crippen molar-refractivity contribution in [3.05, 3.63) is 46.9 Å². The second-order valence-electron chi connectivity index (χ2n) is 5.53. The van der Waals surface area contributed by atoms with Crippen LogP contribution in [0.3, 0.4) is 0 Å². The van der Waals surface area contributed by atoms with Gasteiger partial charge in [-0.25, -0.2) is 9.37 Å². The van der Waals surface area contributed by atoms with Crippen molar-refractivity contribution in [2.24, 2.45) is 5.92 Å². The number of carbonyl (C=O) groups is 1. The molecule has 4 rings (SSSR count). The summed E-state index contributed by atoms with van der Waals surface area (Å²) in [5.74, 6) is -0.777. The number of thiazole rings is 1. The van der Waals surface area contributed by atoms with Gasteiger partial charge >= 0.3 is 0 Å². The van der Waals surface area contributed by atoms with Crippen LogP contribution < -0.4 is 5.32 Å². The SMILES string of the molecule is O=C(Nc1nc2ccc(-c3ccccc3Br)cc2s1)C1CC1F. The number of aromatic nitrogens is 1. The van der Waals surface area contributed by atoms with E-state index < -0.39 is 12.1 Å². The largest absolute Gasteiger partial charge is 0.302 e. The molecule has 0 radical (unpaired) electrons. The molecule has 0 aliphatic heterocycles. The number of anilines is 1. The van der Waals surface area contributed by atoms with Gasteiger partial charge in [-0.1, -0.05) is 51.5 Å². The number of hydrogen-bond acceptors (Lipinski definition) is 3. The molecule has 3 aromatic rings. The van der Waals surface area contributed by atoms with Crippen LogP contribution in [0.5, 0.6) is 0 Å². The van der Waals surface area contributed by atoms with Crippen LogP contribution in [0.15, 0.2) is 46.9 Å². The summed E-state index contributed by atoms with van der Waals surface area (Å²) < 4.78 is 14.9. The smallest absolute Gasteiger partial charge is 0.232 e. The van der Waals surface area contributed by atoms with Crippen molar-refractivity contribution >= 4 is 48.5 Å². The molecule has 116 valence electrons. The molecule has 1 heterocycles. The lowest BCUT2D eigenvalue weighted by molar-refractivity contribution is -0.117. The Morgan fingerprint density at radius 1 is 1.30 bits per heavy atom. The average molecular weight is 391 g/mol. The minimum absolute atomic E-state index is 0.275. The first-order valence-electron chi connectivity index (χ1n) is 7.22. The third-order valence-corrected chi connectivity index (χ3v) is 5.48.